The third-order valence-electron chi connectivity index (χ3n) is 4.44. The fourth-order valence-electron chi connectivity index (χ4n) is 3.44. The average Bonchev–Trinajstić information content (AvgIpc) is 2.03. The van der Waals surface area contributed by atoms with Crippen molar-refractivity contribution in [1.82, 2.24) is 0 Å². The van der Waals surface area contributed by atoms with Crippen molar-refractivity contribution in [1.29, 1.82) is 0 Å². The number of hydrogen-bond acceptors (Lipinski definition) is 2. The van der Waals surface area contributed by atoms with Crippen LogP contribution in [0.1, 0.15) is 33.1 Å². The van der Waals surface area contributed by atoms with E-state index in [1.807, 2.05) is 0 Å². The molecule has 0 heterocycles. The molecule has 0 spiro atoms. The molecule has 0 radical (unpaired) electrons. The van der Waals surface area contributed by atoms with Crippen molar-refractivity contribution in [2.45, 2.75) is 38.7 Å². The van der Waals surface area contributed by atoms with Gasteiger partial charge < -0.3 is 5.11 Å². The summed E-state index contributed by atoms with van der Waals surface area (Å²) in [5, 5.41) is 10.5. The maximum atomic E-state index is 10.5. The molecule has 2 bridgehead atoms. The van der Waals surface area contributed by atoms with Gasteiger partial charge in [0, 0.05) is 5.75 Å². The molecule has 0 saturated heterocycles. The molecule has 0 aromatic rings. The van der Waals surface area contributed by atoms with E-state index in [0.717, 1.165) is 18.1 Å². The summed E-state index contributed by atoms with van der Waals surface area (Å²) in [4.78, 5) is 0. The van der Waals surface area contributed by atoms with Crippen molar-refractivity contribution in [2.75, 3.05) is 12.0 Å². The summed E-state index contributed by atoms with van der Waals surface area (Å²) in [6.07, 6.45) is 5.63. The zero-order chi connectivity index (χ0) is 9.69. The van der Waals surface area contributed by atoms with Crippen LogP contribution in [-0.2, 0) is 0 Å². The van der Waals surface area contributed by atoms with Gasteiger partial charge in [0.05, 0.1) is 5.60 Å². The number of fused-ring (bicyclic) bond motifs is 2. The van der Waals surface area contributed by atoms with E-state index in [2.05, 4.69) is 20.1 Å². The van der Waals surface area contributed by atoms with E-state index in [0.29, 0.717) is 11.3 Å². The SMILES string of the molecule is CSCC1(O)CCC2CC1C2(C)C. The highest BCUT2D eigenvalue weighted by atomic mass is 32.2. The van der Waals surface area contributed by atoms with Gasteiger partial charge in [0.1, 0.15) is 0 Å². The number of thioether (sulfide) groups is 1. The topological polar surface area (TPSA) is 20.2 Å². The van der Waals surface area contributed by atoms with E-state index >= 15 is 0 Å². The van der Waals surface area contributed by atoms with Gasteiger partial charge in [-0.1, -0.05) is 13.8 Å². The van der Waals surface area contributed by atoms with Crippen LogP contribution in [0.4, 0.5) is 0 Å². The van der Waals surface area contributed by atoms with Crippen molar-refractivity contribution < 1.29 is 5.11 Å². The largest absolute Gasteiger partial charge is 0.389 e. The van der Waals surface area contributed by atoms with Crippen LogP contribution in [0.15, 0.2) is 0 Å². The summed E-state index contributed by atoms with van der Waals surface area (Å²) >= 11 is 1.79. The number of aliphatic hydroxyl groups is 1. The zero-order valence-corrected chi connectivity index (χ0v) is 9.66. The van der Waals surface area contributed by atoms with Crippen LogP contribution in [-0.4, -0.2) is 22.7 Å². The van der Waals surface area contributed by atoms with Crippen LogP contribution in [0.2, 0.25) is 0 Å². The van der Waals surface area contributed by atoms with Crippen molar-refractivity contribution in [3.8, 4) is 0 Å². The fourth-order valence-corrected chi connectivity index (χ4v) is 4.28. The van der Waals surface area contributed by atoms with Crippen LogP contribution in [0.5, 0.6) is 0 Å². The van der Waals surface area contributed by atoms with Gasteiger partial charge in [0.2, 0.25) is 0 Å². The van der Waals surface area contributed by atoms with Gasteiger partial charge in [0.25, 0.3) is 0 Å². The van der Waals surface area contributed by atoms with Crippen LogP contribution >= 0.6 is 11.8 Å². The van der Waals surface area contributed by atoms with E-state index in [4.69, 9.17) is 0 Å². The standard InChI is InChI=1S/C11H20OS/c1-10(2)8-4-5-11(12,7-13-3)9(10)6-8/h8-9,12H,4-7H2,1-3H3. The average molecular weight is 200 g/mol. The molecular formula is C11H20OS. The maximum Gasteiger partial charge on any atom is 0.0771 e. The maximum absolute atomic E-state index is 10.5. The number of hydrogen-bond donors (Lipinski definition) is 1. The second-order valence-corrected chi connectivity index (χ2v) is 6.25. The Hall–Kier alpha value is 0.310. The van der Waals surface area contributed by atoms with Gasteiger partial charge in [-0.2, -0.15) is 11.8 Å². The minimum atomic E-state index is -0.350. The van der Waals surface area contributed by atoms with Crippen LogP contribution in [0.25, 0.3) is 0 Å². The Morgan fingerprint density at radius 3 is 2.62 bits per heavy atom. The molecule has 1 nitrogen and oxygen atoms in total. The molecule has 0 aliphatic heterocycles. The molecule has 3 aliphatic carbocycles. The molecule has 1 N–H and O–H groups in total. The molecule has 3 atom stereocenters. The smallest absolute Gasteiger partial charge is 0.0771 e. The van der Waals surface area contributed by atoms with Crippen molar-refractivity contribution in [3.63, 3.8) is 0 Å². The predicted molar refractivity (Wildman–Crippen MR) is 57.9 cm³/mol. The molecule has 2 heteroatoms. The minimum absolute atomic E-state index is 0.350. The first-order chi connectivity index (χ1) is 6.00. The fraction of sp³-hybridized carbons (Fsp3) is 1.00. The predicted octanol–water partition coefficient (Wildman–Crippen LogP) is 2.54. The Morgan fingerprint density at radius 2 is 2.15 bits per heavy atom. The molecule has 0 aromatic carbocycles. The van der Waals surface area contributed by atoms with Crippen molar-refractivity contribution in [2.24, 2.45) is 17.3 Å². The second-order valence-electron chi connectivity index (χ2n) is 5.38. The first-order valence-corrected chi connectivity index (χ1v) is 6.61. The van der Waals surface area contributed by atoms with Crippen LogP contribution in [0.3, 0.4) is 0 Å². The Balaban J connectivity index is 2.14. The highest BCUT2D eigenvalue weighted by Crippen LogP contribution is 2.63. The summed E-state index contributed by atoms with van der Waals surface area (Å²) in [7, 11) is 0. The lowest BCUT2D eigenvalue weighted by molar-refractivity contribution is -0.190. The first kappa shape index (κ1) is 9.85. The Bertz CT molecular complexity index is 208. The van der Waals surface area contributed by atoms with Gasteiger partial charge in [-0.25, -0.2) is 0 Å². The van der Waals surface area contributed by atoms with E-state index < -0.39 is 0 Å². The molecule has 3 unspecified atom stereocenters. The summed E-state index contributed by atoms with van der Waals surface area (Å²) in [5.74, 6) is 2.37. The van der Waals surface area contributed by atoms with Crippen molar-refractivity contribution >= 4 is 11.8 Å². The molecule has 3 fully saturated rings. The highest BCUT2D eigenvalue weighted by molar-refractivity contribution is 7.98. The molecule has 3 aliphatic rings. The Labute approximate surface area is 85.3 Å². The third kappa shape index (κ3) is 1.25. The van der Waals surface area contributed by atoms with Crippen molar-refractivity contribution in [3.05, 3.63) is 0 Å². The van der Waals surface area contributed by atoms with Crippen LogP contribution < -0.4 is 0 Å². The quantitative estimate of drug-likeness (QED) is 0.739. The van der Waals surface area contributed by atoms with Gasteiger partial charge in [-0.15, -0.1) is 0 Å². The zero-order valence-electron chi connectivity index (χ0n) is 8.84. The molecule has 0 aromatic heterocycles. The lowest BCUT2D eigenvalue weighted by Crippen LogP contribution is -2.62. The monoisotopic (exact) mass is 200 g/mol. The van der Waals surface area contributed by atoms with Gasteiger partial charge in [-0.3, -0.25) is 0 Å². The summed E-state index contributed by atoms with van der Waals surface area (Å²) in [6, 6.07) is 0. The molecule has 13 heavy (non-hydrogen) atoms. The van der Waals surface area contributed by atoms with Crippen LogP contribution in [0, 0.1) is 17.3 Å². The molecule has 3 saturated carbocycles. The normalized spacial score (nSPS) is 47.1. The van der Waals surface area contributed by atoms with Gasteiger partial charge in [0.15, 0.2) is 0 Å². The highest BCUT2D eigenvalue weighted by Gasteiger charge is 2.60. The summed E-state index contributed by atoms with van der Waals surface area (Å²) in [6.45, 7) is 4.66. The van der Waals surface area contributed by atoms with E-state index in [1.165, 1.54) is 12.8 Å². The number of rotatable bonds is 2. The third-order valence-corrected chi connectivity index (χ3v) is 5.23. The Kier molecular flexibility index (Phi) is 2.20. The summed E-state index contributed by atoms with van der Waals surface area (Å²) in [5.41, 5.74) is 0.0559. The second kappa shape index (κ2) is 2.90. The Morgan fingerprint density at radius 1 is 1.46 bits per heavy atom. The van der Waals surface area contributed by atoms with E-state index in [1.54, 1.807) is 11.8 Å². The lowest BCUT2D eigenvalue weighted by Gasteiger charge is -2.63. The lowest BCUT2D eigenvalue weighted by atomic mass is 9.44. The molecule has 0 amide bonds. The molecule has 76 valence electrons. The first-order valence-electron chi connectivity index (χ1n) is 5.22. The minimum Gasteiger partial charge on any atom is -0.389 e. The summed E-state index contributed by atoms with van der Waals surface area (Å²) < 4.78 is 0. The van der Waals surface area contributed by atoms with E-state index in [-0.39, 0.29) is 5.60 Å². The van der Waals surface area contributed by atoms with E-state index in [9.17, 15) is 5.11 Å². The van der Waals surface area contributed by atoms with Gasteiger partial charge in [-0.05, 0) is 42.8 Å². The van der Waals surface area contributed by atoms with Gasteiger partial charge >= 0.3 is 0 Å². The molecule has 3 rings (SSSR count). The molecular weight excluding hydrogens is 180 g/mol.